The molecule has 2 atom stereocenters. The van der Waals surface area contributed by atoms with Gasteiger partial charge in [0.1, 0.15) is 0 Å². The van der Waals surface area contributed by atoms with Gasteiger partial charge < -0.3 is 5.11 Å². The smallest absolute Gasteiger partial charge is 0.306 e. The normalized spacial score (nSPS) is 41.5. The number of piperidine rings is 1. The molecule has 2 saturated carbocycles. The van der Waals surface area contributed by atoms with Crippen LogP contribution in [0.5, 0.6) is 0 Å². The molecule has 2 bridgehead atoms. The zero-order valence-corrected chi connectivity index (χ0v) is 9.06. The second kappa shape index (κ2) is 3.48. The first-order valence-corrected chi connectivity index (χ1v) is 6.19. The number of nitrogens with zero attached hydrogens (tertiary/aromatic N) is 1. The Balaban J connectivity index is 1.66. The molecule has 0 radical (unpaired) electrons. The largest absolute Gasteiger partial charge is 0.481 e. The molecule has 3 heteroatoms. The average Bonchev–Trinajstić information content (AvgIpc) is 2.98. The average molecular weight is 209 g/mol. The minimum absolute atomic E-state index is 0.0462. The zero-order valence-electron chi connectivity index (χ0n) is 9.06. The fraction of sp³-hybridized carbons (Fsp3) is 0.917. The monoisotopic (exact) mass is 209 g/mol. The molecule has 0 aromatic heterocycles. The number of hydrogen-bond donors (Lipinski definition) is 1. The van der Waals surface area contributed by atoms with Crippen LogP contribution in [0.25, 0.3) is 0 Å². The summed E-state index contributed by atoms with van der Waals surface area (Å²) in [5, 5.41) is 9.07. The Labute approximate surface area is 90.5 Å². The van der Waals surface area contributed by atoms with Crippen molar-refractivity contribution >= 4 is 5.97 Å². The molecule has 3 rings (SSSR count). The molecule has 0 spiro atoms. The summed E-state index contributed by atoms with van der Waals surface area (Å²) in [4.78, 5) is 13.6. The van der Waals surface area contributed by atoms with Crippen LogP contribution in [0.15, 0.2) is 0 Å². The van der Waals surface area contributed by atoms with Gasteiger partial charge in [-0.2, -0.15) is 0 Å². The Morgan fingerprint density at radius 3 is 2.13 bits per heavy atom. The van der Waals surface area contributed by atoms with Crippen LogP contribution < -0.4 is 0 Å². The Morgan fingerprint density at radius 2 is 1.67 bits per heavy atom. The molecule has 1 heterocycles. The molecule has 0 aromatic rings. The summed E-state index contributed by atoms with van der Waals surface area (Å²) in [6.07, 6.45) is 5.89. The standard InChI is InChI=1S/C12H19NO2/c14-12(15)10-4-8-3-9(5-10)7-13(6-8)11-1-2-11/h8-11H,1-7H2,(H,14,15). The van der Waals surface area contributed by atoms with Crippen molar-refractivity contribution in [3.05, 3.63) is 0 Å². The van der Waals surface area contributed by atoms with Crippen molar-refractivity contribution in [2.24, 2.45) is 17.8 Å². The lowest BCUT2D eigenvalue weighted by Gasteiger charge is -2.43. The van der Waals surface area contributed by atoms with Crippen LogP contribution >= 0.6 is 0 Å². The lowest BCUT2D eigenvalue weighted by Crippen LogP contribution is -2.46. The van der Waals surface area contributed by atoms with Crippen LogP contribution in [0.2, 0.25) is 0 Å². The molecule has 1 aliphatic heterocycles. The molecule has 0 amide bonds. The molecule has 3 fully saturated rings. The Bertz CT molecular complexity index is 261. The molecule has 1 N–H and O–H groups in total. The summed E-state index contributed by atoms with van der Waals surface area (Å²) in [5.74, 6) is 0.720. The van der Waals surface area contributed by atoms with E-state index in [2.05, 4.69) is 4.90 Å². The van der Waals surface area contributed by atoms with Crippen LogP contribution in [-0.2, 0) is 4.79 Å². The highest BCUT2D eigenvalue weighted by Crippen LogP contribution is 2.41. The highest BCUT2D eigenvalue weighted by Gasteiger charge is 2.41. The first-order chi connectivity index (χ1) is 7.22. The second-order valence-corrected chi connectivity index (χ2v) is 5.66. The van der Waals surface area contributed by atoms with Crippen molar-refractivity contribution in [1.82, 2.24) is 4.90 Å². The number of fused-ring (bicyclic) bond motifs is 2. The van der Waals surface area contributed by atoms with Gasteiger partial charge in [-0.1, -0.05) is 0 Å². The van der Waals surface area contributed by atoms with Gasteiger partial charge in [0.25, 0.3) is 0 Å². The molecular formula is C12H19NO2. The van der Waals surface area contributed by atoms with Crippen LogP contribution in [-0.4, -0.2) is 35.1 Å². The van der Waals surface area contributed by atoms with Crippen molar-refractivity contribution in [3.8, 4) is 0 Å². The van der Waals surface area contributed by atoms with Gasteiger partial charge in [0, 0.05) is 19.1 Å². The first-order valence-electron chi connectivity index (χ1n) is 6.19. The summed E-state index contributed by atoms with van der Waals surface area (Å²) in [6.45, 7) is 2.34. The van der Waals surface area contributed by atoms with Crippen molar-refractivity contribution in [2.75, 3.05) is 13.1 Å². The highest BCUT2D eigenvalue weighted by molar-refractivity contribution is 5.70. The number of carboxylic acids is 1. The van der Waals surface area contributed by atoms with Crippen LogP contribution in [0.3, 0.4) is 0 Å². The van der Waals surface area contributed by atoms with Gasteiger partial charge in [0.15, 0.2) is 0 Å². The first kappa shape index (κ1) is 9.64. The van der Waals surface area contributed by atoms with Gasteiger partial charge >= 0.3 is 5.97 Å². The van der Waals surface area contributed by atoms with E-state index in [1.807, 2.05) is 0 Å². The van der Waals surface area contributed by atoms with E-state index in [-0.39, 0.29) is 5.92 Å². The predicted molar refractivity (Wildman–Crippen MR) is 56.6 cm³/mol. The quantitative estimate of drug-likeness (QED) is 0.750. The number of likely N-dealkylation sites (tertiary alicyclic amines) is 1. The van der Waals surface area contributed by atoms with Crippen molar-refractivity contribution in [1.29, 1.82) is 0 Å². The van der Waals surface area contributed by atoms with Crippen molar-refractivity contribution in [2.45, 2.75) is 38.1 Å². The maximum atomic E-state index is 11.0. The second-order valence-electron chi connectivity index (χ2n) is 5.66. The fourth-order valence-electron chi connectivity index (χ4n) is 3.54. The minimum atomic E-state index is -0.565. The third kappa shape index (κ3) is 1.89. The lowest BCUT2D eigenvalue weighted by atomic mass is 9.72. The molecule has 2 unspecified atom stereocenters. The Kier molecular flexibility index (Phi) is 2.23. The zero-order chi connectivity index (χ0) is 10.4. The topological polar surface area (TPSA) is 40.5 Å². The predicted octanol–water partition coefficient (Wildman–Crippen LogP) is 1.58. The van der Waals surface area contributed by atoms with E-state index in [0.29, 0.717) is 11.8 Å². The van der Waals surface area contributed by atoms with E-state index in [1.165, 1.54) is 32.4 Å². The number of carbonyl (C=O) groups is 1. The molecule has 15 heavy (non-hydrogen) atoms. The molecule has 2 aliphatic carbocycles. The maximum absolute atomic E-state index is 11.0. The summed E-state index contributed by atoms with van der Waals surface area (Å²) in [7, 11) is 0. The number of rotatable bonds is 2. The van der Waals surface area contributed by atoms with Gasteiger partial charge in [0.2, 0.25) is 0 Å². The van der Waals surface area contributed by atoms with Gasteiger partial charge in [-0.25, -0.2) is 0 Å². The molecular weight excluding hydrogens is 190 g/mol. The third-order valence-electron chi connectivity index (χ3n) is 4.30. The number of hydrogen-bond acceptors (Lipinski definition) is 2. The molecule has 3 aliphatic rings. The van der Waals surface area contributed by atoms with Gasteiger partial charge in [-0.3, -0.25) is 9.69 Å². The van der Waals surface area contributed by atoms with Crippen molar-refractivity contribution in [3.63, 3.8) is 0 Å². The van der Waals surface area contributed by atoms with Crippen LogP contribution in [0.1, 0.15) is 32.1 Å². The lowest BCUT2D eigenvalue weighted by molar-refractivity contribution is -0.145. The van der Waals surface area contributed by atoms with E-state index < -0.39 is 5.97 Å². The minimum Gasteiger partial charge on any atom is -0.481 e. The highest BCUT2D eigenvalue weighted by atomic mass is 16.4. The number of aliphatic carboxylic acids is 1. The molecule has 84 valence electrons. The van der Waals surface area contributed by atoms with Gasteiger partial charge in [-0.15, -0.1) is 0 Å². The van der Waals surface area contributed by atoms with E-state index in [4.69, 9.17) is 5.11 Å². The number of carboxylic acid groups (broad SMARTS) is 1. The Hall–Kier alpha value is -0.570. The molecule has 3 nitrogen and oxygen atoms in total. The van der Waals surface area contributed by atoms with E-state index in [1.54, 1.807) is 0 Å². The van der Waals surface area contributed by atoms with Gasteiger partial charge in [-0.05, 0) is 43.9 Å². The van der Waals surface area contributed by atoms with Crippen LogP contribution in [0, 0.1) is 17.8 Å². The van der Waals surface area contributed by atoms with Crippen molar-refractivity contribution < 1.29 is 9.90 Å². The van der Waals surface area contributed by atoms with E-state index >= 15 is 0 Å². The fourth-order valence-corrected chi connectivity index (χ4v) is 3.54. The van der Waals surface area contributed by atoms with Gasteiger partial charge in [0.05, 0.1) is 5.92 Å². The third-order valence-corrected chi connectivity index (χ3v) is 4.30. The molecule has 0 aromatic carbocycles. The van der Waals surface area contributed by atoms with E-state index in [9.17, 15) is 4.79 Å². The summed E-state index contributed by atoms with van der Waals surface area (Å²) >= 11 is 0. The SMILES string of the molecule is O=C(O)C1CC2CC(C1)CN(C1CC1)C2. The van der Waals surface area contributed by atoms with E-state index in [0.717, 1.165) is 18.9 Å². The molecule has 1 saturated heterocycles. The van der Waals surface area contributed by atoms with Crippen LogP contribution in [0.4, 0.5) is 0 Å². The Morgan fingerprint density at radius 1 is 1.07 bits per heavy atom. The summed E-state index contributed by atoms with van der Waals surface area (Å²) < 4.78 is 0. The summed E-state index contributed by atoms with van der Waals surface area (Å²) in [6, 6.07) is 0.858. The maximum Gasteiger partial charge on any atom is 0.306 e. The summed E-state index contributed by atoms with van der Waals surface area (Å²) in [5.41, 5.74) is 0.